The Morgan fingerprint density at radius 1 is 1.32 bits per heavy atom. The summed E-state index contributed by atoms with van der Waals surface area (Å²) in [7, 11) is 1.80. The van der Waals surface area contributed by atoms with Gasteiger partial charge in [0, 0.05) is 5.56 Å². The zero-order chi connectivity index (χ0) is 20.8. The number of carbonyl (C=O) groups excluding carboxylic acids is 3. The summed E-state index contributed by atoms with van der Waals surface area (Å²) in [5.41, 5.74) is 6.63. The number of amides is 2. The van der Waals surface area contributed by atoms with Crippen molar-refractivity contribution >= 4 is 34.1 Å². The van der Waals surface area contributed by atoms with Gasteiger partial charge in [-0.3, -0.25) is 9.59 Å². The second kappa shape index (κ2) is 9.43. The van der Waals surface area contributed by atoms with Crippen LogP contribution in [-0.2, 0) is 16.1 Å². The highest BCUT2D eigenvalue weighted by Gasteiger charge is 2.26. The molecule has 1 atom stereocenters. The number of benzene rings is 1. The third kappa shape index (κ3) is 5.37. The number of halogens is 1. The Morgan fingerprint density at radius 3 is 2.64 bits per heavy atom. The van der Waals surface area contributed by atoms with Crippen molar-refractivity contribution in [3.63, 3.8) is 0 Å². The lowest BCUT2D eigenvalue weighted by Gasteiger charge is -2.14. The molecule has 28 heavy (non-hydrogen) atoms. The lowest BCUT2D eigenvalue weighted by Crippen LogP contribution is -3.08. The van der Waals surface area contributed by atoms with Crippen LogP contribution in [-0.4, -0.2) is 38.0 Å². The molecule has 0 aliphatic rings. The van der Waals surface area contributed by atoms with Crippen molar-refractivity contribution in [1.82, 2.24) is 0 Å². The molecule has 0 fully saturated rings. The van der Waals surface area contributed by atoms with E-state index in [1.165, 1.54) is 12.1 Å². The average Bonchev–Trinajstić information content (AvgIpc) is 2.91. The highest BCUT2D eigenvalue weighted by Crippen LogP contribution is 2.33. The molecule has 1 heterocycles. The van der Waals surface area contributed by atoms with Crippen LogP contribution >= 0.6 is 11.3 Å². The number of hydrogen-bond donors (Lipinski definition) is 3. The number of ether oxygens (including phenoxy) is 1. The zero-order valence-electron chi connectivity index (χ0n) is 15.9. The van der Waals surface area contributed by atoms with Crippen molar-refractivity contribution in [2.75, 3.05) is 25.5 Å². The molecular weight excluding hydrogens is 385 g/mol. The number of thiophene rings is 1. The standard InChI is InChI=1S/C19H22FN3O4S/c1-4-27-19(26)15-11(2)16(17(21)25)28-18(15)22-14(24)10-23(3)9-12-6-5-7-13(20)8-12/h5-8H,4,9-10H2,1-3H3,(H2,21,25)(H,22,24)/p+1. The molecule has 7 nitrogen and oxygen atoms in total. The Morgan fingerprint density at radius 2 is 2.04 bits per heavy atom. The van der Waals surface area contributed by atoms with E-state index >= 15 is 0 Å². The van der Waals surface area contributed by atoms with Crippen LogP contribution in [0.25, 0.3) is 0 Å². The second-order valence-corrected chi connectivity index (χ2v) is 7.35. The van der Waals surface area contributed by atoms with E-state index in [-0.39, 0.29) is 40.3 Å². The fraction of sp³-hybridized carbons (Fsp3) is 0.316. The topological polar surface area (TPSA) is 103 Å². The first-order valence-electron chi connectivity index (χ1n) is 8.68. The van der Waals surface area contributed by atoms with Crippen molar-refractivity contribution in [1.29, 1.82) is 0 Å². The van der Waals surface area contributed by atoms with Gasteiger partial charge in [-0.1, -0.05) is 12.1 Å². The van der Waals surface area contributed by atoms with Crippen LogP contribution in [0.1, 0.15) is 38.1 Å². The number of likely N-dealkylation sites (N-methyl/N-ethyl adjacent to an activating group) is 1. The maximum absolute atomic E-state index is 13.3. The van der Waals surface area contributed by atoms with Crippen LogP contribution in [0.3, 0.4) is 0 Å². The first-order valence-corrected chi connectivity index (χ1v) is 9.50. The molecule has 1 unspecified atom stereocenters. The summed E-state index contributed by atoms with van der Waals surface area (Å²) < 4.78 is 18.3. The smallest absolute Gasteiger partial charge is 0.341 e. The summed E-state index contributed by atoms with van der Waals surface area (Å²) in [5, 5.41) is 2.90. The number of carbonyl (C=O) groups is 3. The predicted molar refractivity (Wildman–Crippen MR) is 104 cm³/mol. The highest BCUT2D eigenvalue weighted by molar-refractivity contribution is 7.18. The Labute approximate surface area is 166 Å². The molecule has 1 aromatic carbocycles. The molecule has 150 valence electrons. The number of hydrogen-bond acceptors (Lipinski definition) is 5. The number of rotatable bonds is 8. The van der Waals surface area contributed by atoms with E-state index < -0.39 is 11.9 Å². The van der Waals surface area contributed by atoms with Gasteiger partial charge in [0.2, 0.25) is 0 Å². The van der Waals surface area contributed by atoms with Gasteiger partial charge in [-0.25, -0.2) is 9.18 Å². The van der Waals surface area contributed by atoms with E-state index in [1.54, 1.807) is 33.0 Å². The molecule has 2 rings (SSSR count). The second-order valence-electron chi connectivity index (χ2n) is 6.33. The van der Waals surface area contributed by atoms with E-state index in [2.05, 4.69) is 5.32 Å². The van der Waals surface area contributed by atoms with E-state index in [9.17, 15) is 18.8 Å². The Bertz CT molecular complexity index is 897. The summed E-state index contributed by atoms with van der Waals surface area (Å²) in [4.78, 5) is 37.3. The molecule has 9 heteroatoms. The summed E-state index contributed by atoms with van der Waals surface area (Å²) in [6.45, 7) is 3.94. The zero-order valence-corrected chi connectivity index (χ0v) is 16.7. The van der Waals surface area contributed by atoms with Gasteiger partial charge in [-0.15, -0.1) is 11.3 Å². The van der Waals surface area contributed by atoms with Crippen molar-refractivity contribution in [2.45, 2.75) is 20.4 Å². The van der Waals surface area contributed by atoms with Crippen molar-refractivity contribution < 1.29 is 28.4 Å². The predicted octanol–water partition coefficient (Wildman–Crippen LogP) is 1.12. The van der Waals surface area contributed by atoms with Crippen LogP contribution in [0.2, 0.25) is 0 Å². The van der Waals surface area contributed by atoms with Crippen LogP contribution in [0.5, 0.6) is 0 Å². The normalized spacial score (nSPS) is 11.7. The molecule has 0 aliphatic heterocycles. The Hall–Kier alpha value is -2.78. The molecule has 0 aliphatic carbocycles. The number of primary amides is 1. The number of nitrogens with two attached hydrogens (primary N) is 1. The first-order chi connectivity index (χ1) is 13.2. The van der Waals surface area contributed by atoms with Gasteiger partial charge >= 0.3 is 5.97 Å². The Balaban J connectivity index is 2.13. The maximum Gasteiger partial charge on any atom is 0.341 e. The van der Waals surface area contributed by atoms with E-state index in [0.29, 0.717) is 12.1 Å². The maximum atomic E-state index is 13.3. The molecule has 2 amide bonds. The molecule has 0 saturated carbocycles. The molecule has 0 radical (unpaired) electrons. The average molecular weight is 408 g/mol. The first kappa shape index (κ1) is 21.5. The van der Waals surface area contributed by atoms with Gasteiger partial charge in [0.1, 0.15) is 17.4 Å². The minimum absolute atomic E-state index is 0.0850. The van der Waals surface area contributed by atoms with Gasteiger partial charge in [0.15, 0.2) is 6.54 Å². The fourth-order valence-corrected chi connectivity index (χ4v) is 3.85. The Kier molecular flexibility index (Phi) is 7.24. The van der Waals surface area contributed by atoms with Gasteiger partial charge in [0.25, 0.3) is 11.8 Å². The van der Waals surface area contributed by atoms with Crippen molar-refractivity contribution in [3.8, 4) is 0 Å². The summed E-state index contributed by atoms with van der Waals surface area (Å²) in [6.07, 6.45) is 0. The molecular formula is C19H23FN3O4S+. The molecule has 2 aromatic rings. The number of anilines is 1. The number of quaternary nitrogens is 1. The lowest BCUT2D eigenvalue weighted by molar-refractivity contribution is -0.885. The van der Waals surface area contributed by atoms with Gasteiger partial charge < -0.3 is 20.7 Å². The molecule has 4 N–H and O–H groups in total. The van der Waals surface area contributed by atoms with Gasteiger partial charge in [0.05, 0.1) is 24.1 Å². The van der Waals surface area contributed by atoms with Crippen LogP contribution in [0, 0.1) is 12.7 Å². The third-order valence-corrected chi connectivity index (χ3v) is 5.18. The molecule has 1 aromatic heterocycles. The minimum atomic E-state index is -0.678. The van der Waals surface area contributed by atoms with Gasteiger partial charge in [-0.05, 0) is 31.5 Å². The van der Waals surface area contributed by atoms with Crippen LogP contribution < -0.4 is 16.0 Å². The van der Waals surface area contributed by atoms with E-state index in [0.717, 1.165) is 21.8 Å². The lowest BCUT2D eigenvalue weighted by atomic mass is 10.1. The number of esters is 1. The molecule has 0 saturated heterocycles. The van der Waals surface area contributed by atoms with Crippen molar-refractivity contribution in [2.24, 2.45) is 5.73 Å². The SMILES string of the molecule is CCOC(=O)c1c(NC(=O)C[NH+](C)Cc2cccc(F)c2)sc(C(N)=O)c1C. The van der Waals surface area contributed by atoms with Gasteiger partial charge in [-0.2, -0.15) is 0 Å². The monoisotopic (exact) mass is 408 g/mol. The van der Waals surface area contributed by atoms with E-state index in [1.807, 2.05) is 0 Å². The quantitative estimate of drug-likeness (QED) is 0.570. The largest absolute Gasteiger partial charge is 0.462 e. The van der Waals surface area contributed by atoms with E-state index in [4.69, 9.17) is 10.5 Å². The fourth-order valence-electron chi connectivity index (χ4n) is 2.79. The van der Waals surface area contributed by atoms with Crippen LogP contribution in [0.15, 0.2) is 24.3 Å². The highest BCUT2D eigenvalue weighted by atomic mass is 32.1. The summed E-state index contributed by atoms with van der Waals surface area (Å²) in [5.74, 6) is -1.99. The summed E-state index contributed by atoms with van der Waals surface area (Å²) in [6, 6.07) is 6.18. The van der Waals surface area contributed by atoms with Crippen LogP contribution in [0.4, 0.5) is 9.39 Å². The number of nitrogens with one attached hydrogen (secondary N) is 2. The minimum Gasteiger partial charge on any atom is -0.462 e. The molecule has 0 bridgehead atoms. The third-order valence-electron chi connectivity index (χ3n) is 3.96. The molecule has 0 spiro atoms. The summed E-state index contributed by atoms with van der Waals surface area (Å²) >= 11 is 0.944. The van der Waals surface area contributed by atoms with Crippen molar-refractivity contribution in [3.05, 3.63) is 51.7 Å².